The van der Waals surface area contributed by atoms with Crippen molar-refractivity contribution in [2.24, 2.45) is 11.8 Å². The Morgan fingerprint density at radius 2 is 1.88 bits per heavy atom. The van der Waals surface area contributed by atoms with E-state index in [1.54, 1.807) is 18.2 Å². The molecular formula is C19H27FN4OS. The van der Waals surface area contributed by atoms with Gasteiger partial charge < -0.3 is 9.88 Å². The van der Waals surface area contributed by atoms with E-state index in [-0.39, 0.29) is 23.5 Å². The SMILES string of the molecule is CC(C)Cn1c(SCC(=O)NC(C)C(C)C)nnc1-c1ccccc1F. The van der Waals surface area contributed by atoms with Gasteiger partial charge in [-0.05, 0) is 30.9 Å². The van der Waals surface area contributed by atoms with Gasteiger partial charge in [0.15, 0.2) is 11.0 Å². The third-order valence-electron chi connectivity index (χ3n) is 4.10. The first kappa shape index (κ1) is 20.4. The van der Waals surface area contributed by atoms with Gasteiger partial charge in [0.25, 0.3) is 0 Å². The molecule has 0 aliphatic rings. The largest absolute Gasteiger partial charge is 0.353 e. The van der Waals surface area contributed by atoms with E-state index in [4.69, 9.17) is 0 Å². The van der Waals surface area contributed by atoms with Crippen LogP contribution in [0.25, 0.3) is 11.4 Å². The van der Waals surface area contributed by atoms with E-state index >= 15 is 0 Å². The van der Waals surface area contributed by atoms with Crippen LogP contribution in [0.15, 0.2) is 29.4 Å². The zero-order valence-corrected chi connectivity index (χ0v) is 16.8. The Labute approximate surface area is 158 Å². The molecule has 0 spiro atoms. The van der Waals surface area contributed by atoms with E-state index in [0.29, 0.717) is 34.9 Å². The lowest BCUT2D eigenvalue weighted by molar-refractivity contribution is -0.119. The number of halogens is 1. The smallest absolute Gasteiger partial charge is 0.230 e. The highest BCUT2D eigenvalue weighted by atomic mass is 32.2. The number of carbonyl (C=O) groups excluding carboxylic acids is 1. The third kappa shape index (κ3) is 5.30. The van der Waals surface area contributed by atoms with Gasteiger partial charge in [0, 0.05) is 12.6 Å². The number of carbonyl (C=O) groups is 1. The number of benzene rings is 1. The summed E-state index contributed by atoms with van der Waals surface area (Å²) >= 11 is 1.33. The van der Waals surface area contributed by atoms with E-state index in [0.717, 1.165) is 0 Å². The van der Waals surface area contributed by atoms with Crippen LogP contribution in [-0.2, 0) is 11.3 Å². The first-order chi connectivity index (χ1) is 12.3. The zero-order chi connectivity index (χ0) is 19.3. The fourth-order valence-electron chi connectivity index (χ4n) is 2.36. The first-order valence-corrected chi connectivity index (χ1v) is 9.88. The minimum absolute atomic E-state index is 0.0391. The minimum atomic E-state index is -0.329. The third-order valence-corrected chi connectivity index (χ3v) is 5.07. The van der Waals surface area contributed by atoms with Gasteiger partial charge in [-0.3, -0.25) is 4.79 Å². The lowest BCUT2D eigenvalue weighted by atomic mass is 10.1. The highest BCUT2D eigenvalue weighted by Gasteiger charge is 2.19. The van der Waals surface area contributed by atoms with Gasteiger partial charge >= 0.3 is 0 Å². The lowest BCUT2D eigenvalue weighted by Crippen LogP contribution is -2.37. The summed E-state index contributed by atoms with van der Waals surface area (Å²) in [4.78, 5) is 12.1. The highest BCUT2D eigenvalue weighted by molar-refractivity contribution is 7.99. The molecule has 1 N–H and O–H groups in total. The molecule has 1 amide bonds. The van der Waals surface area contributed by atoms with Crippen LogP contribution in [0.4, 0.5) is 4.39 Å². The first-order valence-electron chi connectivity index (χ1n) is 8.89. The Morgan fingerprint density at radius 1 is 1.19 bits per heavy atom. The lowest BCUT2D eigenvalue weighted by Gasteiger charge is -2.17. The van der Waals surface area contributed by atoms with Crippen LogP contribution in [0.3, 0.4) is 0 Å². The number of aromatic nitrogens is 3. The van der Waals surface area contributed by atoms with Crippen LogP contribution in [0.1, 0.15) is 34.6 Å². The summed E-state index contributed by atoms with van der Waals surface area (Å²) in [5.74, 6) is 1.10. The summed E-state index contributed by atoms with van der Waals surface area (Å²) in [6.45, 7) is 10.9. The number of hydrogen-bond donors (Lipinski definition) is 1. The maximum absolute atomic E-state index is 14.2. The van der Waals surface area contributed by atoms with E-state index in [2.05, 4.69) is 43.2 Å². The van der Waals surface area contributed by atoms with Crippen LogP contribution in [0, 0.1) is 17.7 Å². The van der Waals surface area contributed by atoms with Crippen LogP contribution >= 0.6 is 11.8 Å². The van der Waals surface area contributed by atoms with Gasteiger partial charge in [-0.25, -0.2) is 4.39 Å². The molecule has 1 unspecified atom stereocenters. The summed E-state index contributed by atoms with van der Waals surface area (Å²) in [6.07, 6.45) is 0. The van der Waals surface area contributed by atoms with Crippen molar-refractivity contribution in [3.05, 3.63) is 30.1 Å². The van der Waals surface area contributed by atoms with Gasteiger partial charge in [-0.15, -0.1) is 10.2 Å². The molecule has 1 atom stereocenters. The monoisotopic (exact) mass is 378 g/mol. The topological polar surface area (TPSA) is 59.8 Å². The molecule has 0 radical (unpaired) electrons. The fourth-order valence-corrected chi connectivity index (χ4v) is 3.12. The van der Waals surface area contributed by atoms with Gasteiger partial charge in [0.05, 0.1) is 11.3 Å². The van der Waals surface area contributed by atoms with E-state index in [9.17, 15) is 9.18 Å². The molecule has 1 heterocycles. The summed E-state index contributed by atoms with van der Waals surface area (Å²) in [7, 11) is 0. The standard InChI is InChI=1S/C19H27FN4OS/c1-12(2)10-24-18(15-8-6-7-9-16(15)20)22-23-19(24)26-11-17(25)21-14(5)13(3)4/h6-9,12-14H,10-11H2,1-5H3,(H,21,25). The summed E-state index contributed by atoms with van der Waals surface area (Å²) < 4.78 is 16.1. The predicted molar refractivity (Wildman–Crippen MR) is 103 cm³/mol. The Balaban J connectivity index is 2.19. The van der Waals surface area contributed by atoms with Crippen molar-refractivity contribution in [2.75, 3.05) is 5.75 Å². The number of amides is 1. The Hall–Kier alpha value is -1.89. The summed E-state index contributed by atoms with van der Waals surface area (Å²) in [5.41, 5.74) is 0.422. The number of hydrogen-bond acceptors (Lipinski definition) is 4. The second-order valence-corrected chi connectivity index (χ2v) is 8.12. The predicted octanol–water partition coefficient (Wildman–Crippen LogP) is 3.99. The maximum atomic E-state index is 14.2. The molecule has 0 bridgehead atoms. The minimum Gasteiger partial charge on any atom is -0.353 e. The molecule has 0 fully saturated rings. The highest BCUT2D eigenvalue weighted by Crippen LogP contribution is 2.26. The second-order valence-electron chi connectivity index (χ2n) is 7.18. The van der Waals surface area contributed by atoms with Crippen molar-refractivity contribution in [2.45, 2.75) is 52.4 Å². The van der Waals surface area contributed by atoms with Crippen LogP contribution in [0.2, 0.25) is 0 Å². The normalized spacial score (nSPS) is 12.6. The number of nitrogens with one attached hydrogen (secondary N) is 1. The molecule has 0 saturated carbocycles. The molecule has 1 aromatic carbocycles. The Bertz CT molecular complexity index is 745. The Kier molecular flexibility index (Phi) is 7.20. The second kappa shape index (κ2) is 9.16. The van der Waals surface area contributed by atoms with E-state index in [1.807, 2.05) is 11.5 Å². The average molecular weight is 379 g/mol. The maximum Gasteiger partial charge on any atom is 0.230 e. The van der Waals surface area contributed by atoms with Crippen LogP contribution in [-0.4, -0.2) is 32.5 Å². The van der Waals surface area contributed by atoms with Gasteiger partial charge in [0.2, 0.25) is 5.91 Å². The molecule has 1 aromatic heterocycles. The molecule has 5 nitrogen and oxygen atoms in total. The number of nitrogens with zero attached hydrogens (tertiary/aromatic N) is 3. The number of rotatable bonds is 8. The molecule has 142 valence electrons. The molecule has 0 saturated heterocycles. The van der Waals surface area contributed by atoms with Crippen molar-refractivity contribution in [3.8, 4) is 11.4 Å². The zero-order valence-electron chi connectivity index (χ0n) is 16.0. The molecule has 2 aromatic rings. The van der Waals surface area contributed by atoms with Crippen LogP contribution in [0.5, 0.6) is 0 Å². The average Bonchev–Trinajstić information content (AvgIpc) is 2.95. The van der Waals surface area contributed by atoms with Gasteiger partial charge in [0.1, 0.15) is 5.82 Å². The van der Waals surface area contributed by atoms with Crippen LogP contribution < -0.4 is 5.32 Å². The molecule has 26 heavy (non-hydrogen) atoms. The Morgan fingerprint density at radius 3 is 2.50 bits per heavy atom. The summed E-state index contributed by atoms with van der Waals surface area (Å²) in [6, 6.07) is 6.66. The fraction of sp³-hybridized carbons (Fsp3) is 0.526. The molecule has 2 rings (SSSR count). The van der Waals surface area contributed by atoms with E-state index in [1.165, 1.54) is 17.8 Å². The van der Waals surface area contributed by atoms with E-state index < -0.39 is 0 Å². The van der Waals surface area contributed by atoms with Gasteiger partial charge in [-0.2, -0.15) is 0 Å². The molecule has 0 aliphatic carbocycles. The van der Waals surface area contributed by atoms with Gasteiger partial charge in [-0.1, -0.05) is 51.6 Å². The van der Waals surface area contributed by atoms with Crippen molar-refractivity contribution in [3.63, 3.8) is 0 Å². The number of thioether (sulfide) groups is 1. The molecule has 0 aliphatic heterocycles. The van der Waals surface area contributed by atoms with Crippen molar-refractivity contribution < 1.29 is 9.18 Å². The van der Waals surface area contributed by atoms with Crippen molar-refractivity contribution in [1.29, 1.82) is 0 Å². The quantitative estimate of drug-likeness (QED) is 0.706. The van der Waals surface area contributed by atoms with Crippen molar-refractivity contribution >= 4 is 17.7 Å². The summed E-state index contributed by atoms with van der Waals surface area (Å²) in [5, 5.41) is 12.0. The van der Waals surface area contributed by atoms with Crippen molar-refractivity contribution in [1.82, 2.24) is 20.1 Å². The molecular weight excluding hydrogens is 351 g/mol. The molecule has 7 heteroatoms.